The van der Waals surface area contributed by atoms with Crippen LogP contribution < -0.4 is 11.1 Å². The number of alkyl halides is 3. The Morgan fingerprint density at radius 3 is 2.55 bits per heavy atom. The second-order valence-corrected chi connectivity index (χ2v) is 12.7. The molecule has 1 amide bonds. The fourth-order valence-corrected chi connectivity index (χ4v) is 6.96. The maximum Gasteiger partial charge on any atom is 0.417 e. The Balaban J connectivity index is 1.61. The van der Waals surface area contributed by atoms with Gasteiger partial charge in [0.15, 0.2) is 9.84 Å². The minimum absolute atomic E-state index is 0.148. The molecule has 3 aromatic rings. The number of aliphatic imine (C=N–C) groups is 1. The summed E-state index contributed by atoms with van der Waals surface area (Å²) in [7, 11) is -4.58. The van der Waals surface area contributed by atoms with Gasteiger partial charge in [0.25, 0.3) is 0 Å². The van der Waals surface area contributed by atoms with Crippen molar-refractivity contribution < 1.29 is 26.4 Å². The van der Waals surface area contributed by atoms with Crippen LogP contribution in [0.5, 0.6) is 0 Å². The Bertz CT molecular complexity index is 1750. The number of allylic oxidation sites excluding steroid dienone is 1. The molecule has 1 aliphatic heterocycles. The SMILES string of the molecule is CC(N)=CC(=Nc1ccnc2ccccc12)N1CC(S(=O)(=O)c2ccccc2C(F)(F)F)CC1C(=O)NC1(C#N)CC1. The van der Waals surface area contributed by atoms with Crippen LogP contribution in [0.1, 0.15) is 31.7 Å². The summed E-state index contributed by atoms with van der Waals surface area (Å²) in [5, 5.41) is 11.5. The molecule has 1 aliphatic carbocycles. The minimum Gasteiger partial charge on any atom is -0.402 e. The van der Waals surface area contributed by atoms with Crippen LogP contribution in [0.2, 0.25) is 0 Å². The first kappa shape index (κ1) is 29.1. The molecule has 5 rings (SSSR count). The van der Waals surface area contributed by atoms with Gasteiger partial charge in [0.05, 0.1) is 33.0 Å². The van der Waals surface area contributed by atoms with Crippen molar-refractivity contribution in [2.75, 3.05) is 6.54 Å². The standard InChI is InChI=1S/C29H27F3N6O3S/c1-18(34)14-26(36-23-10-13-35-22-8-4-2-6-20(22)23)38-16-19(15-24(38)27(39)37-28(17-33)11-12-28)42(40,41)25-9-5-3-7-21(25)29(30,31)32/h2-10,13-14,19,24H,11-12,15-16,34H2,1H3,(H,37,39). The van der Waals surface area contributed by atoms with Crippen molar-refractivity contribution in [3.63, 3.8) is 0 Å². The first-order chi connectivity index (χ1) is 19.8. The number of rotatable bonds is 6. The van der Waals surface area contributed by atoms with Gasteiger partial charge in [-0.2, -0.15) is 18.4 Å². The highest BCUT2D eigenvalue weighted by molar-refractivity contribution is 7.92. The average molecular weight is 597 g/mol. The summed E-state index contributed by atoms with van der Waals surface area (Å²) in [5.74, 6) is -0.471. The van der Waals surface area contributed by atoms with Crippen molar-refractivity contribution in [1.29, 1.82) is 5.26 Å². The first-order valence-corrected chi connectivity index (χ1v) is 14.7. The lowest BCUT2D eigenvalue weighted by atomic mass is 10.1. The average Bonchev–Trinajstić information content (AvgIpc) is 3.56. The molecule has 2 heterocycles. The highest BCUT2D eigenvalue weighted by Gasteiger charge is 2.50. The molecule has 0 radical (unpaired) electrons. The van der Waals surface area contributed by atoms with Crippen LogP contribution in [0, 0.1) is 11.3 Å². The zero-order chi connectivity index (χ0) is 30.3. The Labute approximate surface area is 240 Å². The van der Waals surface area contributed by atoms with Crippen LogP contribution in [0.25, 0.3) is 10.9 Å². The normalized spacial score (nSPS) is 20.8. The van der Waals surface area contributed by atoms with Gasteiger partial charge < -0.3 is 16.0 Å². The van der Waals surface area contributed by atoms with E-state index in [2.05, 4.69) is 16.4 Å². The second-order valence-electron chi connectivity index (χ2n) is 10.5. The summed E-state index contributed by atoms with van der Waals surface area (Å²) in [6, 6.07) is 13.8. The van der Waals surface area contributed by atoms with Crippen molar-refractivity contribution in [3.05, 3.63) is 78.1 Å². The minimum atomic E-state index is -4.90. The molecule has 9 nitrogen and oxygen atoms in total. The lowest BCUT2D eigenvalue weighted by Gasteiger charge is -2.27. The molecule has 2 aromatic carbocycles. The van der Waals surface area contributed by atoms with Crippen molar-refractivity contribution >= 4 is 38.2 Å². The number of halogens is 3. The third-order valence-electron chi connectivity index (χ3n) is 7.34. The summed E-state index contributed by atoms with van der Waals surface area (Å²) >= 11 is 0. The summed E-state index contributed by atoms with van der Waals surface area (Å²) in [4.78, 5) is 23.2. The number of para-hydroxylation sites is 1. The van der Waals surface area contributed by atoms with Gasteiger partial charge in [0.1, 0.15) is 17.4 Å². The molecule has 1 saturated heterocycles. The van der Waals surface area contributed by atoms with Gasteiger partial charge in [-0.15, -0.1) is 0 Å². The number of amides is 1. The molecule has 218 valence electrons. The van der Waals surface area contributed by atoms with Crippen molar-refractivity contribution in [2.45, 2.75) is 54.1 Å². The molecule has 0 bridgehead atoms. The van der Waals surface area contributed by atoms with Crippen LogP contribution in [-0.4, -0.2) is 53.4 Å². The van der Waals surface area contributed by atoms with Crippen LogP contribution in [0.15, 0.2) is 82.5 Å². The monoisotopic (exact) mass is 596 g/mol. The number of hydrogen-bond acceptors (Lipinski definition) is 7. The number of hydrogen-bond donors (Lipinski definition) is 2. The second kappa shape index (κ2) is 10.8. The van der Waals surface area contributed by atoms with Gasteiger partial charge in [-0.3, -0.25) is 9.78 Å². The number of fused-ring (bicyclic) bond motifs is 1. The summed E-state index contributed by atoms with van der Waals surface area (Å²) in [5.41, 5.74) is 5.10. The largest absolute Gasteiger partial charge is 0.417 e. The van der Waals surface area contributed by atoms with E-state index in [1.54, 1.807) is 37.4 Å². The topological polar surface area (TPSA) is 142 Å². The van der Waals surface area contributed by atoms with E-state index in [4.69, 9.17) is 10.7 Å². The zero-order valence-electron chi connectivity index (χ0n) is 22.5. The highest BCUT2D eigenvalue weighted by Crippen LogP contribution is 2.39. The molecule has 1 saturated carbocycles. The number of carbonyl (C=O) groups is 1. The van der Waals surface area contributed by atoms with E-state index >= 15 is 0 Å². The van der Waals surface area contributed by atoms with E-state index in [1.807, 2.05) is 6.07 Å². The number of likely N-dealkylation sites (tertiary alicyclic amines) is 1. The molecule has 13 heteroatoms. The molecule has 2 aliphatic rings. The smallest absolute Gasteiger partial charge is 0.402 e. The fraction of sp³-hybridized carbons (Fsp3) is 0.310. The molecule has 42 heavy (non-hydrogen) atoms. The Morgan fingerprint density at radius 1 is 1.19 bits per heavy atom. The molecule has 2 atom stereocenters. The maximum atomic E-state index is 13.8. The maximum absolute atomic E-state index is 13.8. The molecule has 1 aromatic heterocycles. The van der Waals surface area contributed by atoms with Crippen molar-refractivity contribution in [1.82, 2.24) is 15.2 Å². The van der Waals surface area contributed by atoms with E-state index in [0.29, 0.717) is 35.1 Å². The van der Waals surface area contributed by atoms with E-state index < -0.39 is 49.2 Å². The van der Waals surface area contributed by atoms with Gasteiger partial charge in [0, 0.05) is 23.8 Å². The Morgan fingerprint density at radius 2 is 1.88 bits per heavy atom. The number of carbonyl (C=O) groups excluding carboxylic acids is 1. The number of sulfone groups is 1. The molecule has 0 spiro atoms. The Kier molecular flexibility index (Phi) is 7.44. The summed E-state index contributed by atoms with van der Waals surface area (Å²) in [6.45, 7) is 1.26. The predicted octanol–water partition coefficient (Wildman–Crippen LogP) is 4.24. The van der Waals surface area contributed by atoms with E-state index in [-0.39, 0.29) is 18.8 Å². The summed E-state index contributed by atoms with van der Waals surface area (Å²) in [6.07, 6.45) is -1.32. The Hall–Kier alpha value is -4.44. The number of nitrogens with zero attached hydrogens (tertiary/aromatic N) is 4. The number of nitriles is 1. The van der Waals surface area contributed by atoms with E-state index in [0.717, 1.165) is 18.2 Å². The first-order valence-electron chi connectivity index (χ1n) is 13.1. The van der Waals surface area contributed by atoms with Crippen LogP contribution in [0.3, 0.4) is 0 Å². The third kappa shape index (κ3) is 5.67. The predicted molar refractivity (Wildman–Crippen MR) is 150 cm³/mol. The number of amidine groups is 1. The van der Waals surface area contributed by atoms with Gasteiger partial charge in [0.2, 0.25) is 5.91 Å². The molecule has 2 fully saturated rings. The summed E-state index contributed by atoms with van der Waals surface area (Å²) < 4.78 is 68.9. The molecular weight excluding hydrogens is 569 g/mol. The number of nitrogens with one attached hydrogen (secondary N) is 1. The van der Waals surface area contributed by atoms with Gasteiger partial charge in [-0.25, -0.2) is 13.4 Å². The third-order valence-corrected chi connectivity index (χ3v) is 9.53. The van der Waals surface area contributed by atoms with Crippen LogP contribution in [0.4, 0.5) is 18.9 Å². The number of benzene rings is 2. The number of aromatic nitrogens is 1. The molecule has 2 unspecified atom stereocenters. The molecular formula is C29H27F3N6O3S. The highest BCUT2D eigenvalue weighted by atomic mass is 32.2. The van der Waals surface area contributed by atoms with Crippen molar-refractivity contribution in [3.8, 4) is 6.07 Å². The van der Waals surface area contributed by atoms with E-state index in [1.165, 1.54) is 17.0 Å². The lowest BCUT2D eigenvalue weighted by Crippen LogP contribution is -2.49. The van der Waals surface area contributed by atoms with Gasteiger partial charge >= 0.3 is 6.18 Å². The lowest BCUT2D eigenvalue weighted by molar-refractivity contribution is -0.139. The van der Waals surface area contributed by atoms with Gasteiger partial charge in [-0.1, -0.05) is 30.3 Å². The zero-order valence-corrected chi connectivity index (χ0v) is 23.3. The fourth-order valence-electron chi connectivity index (χ4n) is 5.05. The van der Waals surface area contributed by atoms with Gasteiger partial charge in [-0.05, 0) is 56.5 Å². The van der Waals surface area contributed by atoms with Crippen molar-refractivity contribution in [2.24, 2.45) is 10.7 Å². The van der Waals surface area contributed by atoms with E-state index in [9.17, 15) is 31.6 Å². The van der Waals surface area contributed by atoms with Crippen LogP contribution in [-0.2, 0) is 20.8 Å². The quantitative estimate of drug-likeness (QED) is 0.320. The van der Waals surface area contributed by atoms with Crippen LogP contribution >= 0.6 is 0 Å². The number of nitrogens with two attached hydrogens (primary N) is 1. The number of pyridine rings is 1. The molecule has 3 N–H and O–H groups in total.